The van der Waals surface area contributed by atoms with Crippen molar-refractivity contribution in [2.75, 3.05) is 0 Å². The van der Waals surface area contributed by atoms with Crippen LogP contribution >= 0.6 is 0 Å². The summed E-state index contributed by atoms with van der Waals surface area (Å²) in [6.45, 7) is 6.37. The number of aromatic carboxylic acids is 1. The molecule has 4 heteroatoms. The van der Waals surface area contributed by atoms with Crippen molar-refractivity contribution in [3.05, 3.63) is 53.6 Å². The maximum atomic E-state index is 11.0. The SMILES string of the molecule is CCCCCCCCCc1n(CCCC)cc[n+]1Cc1ccc(C(=O)O)cc1. The van der Waals surface area contributed by atoms with E-state index in [1.807, 2.05) is 12.1 Å². The largest absolute Gasteiger partial charge is 0.478 e. The maximum Gasteiger partial charge on any atom is 0.335 e. The summed E-state index contributed by atoms with van der Waals surface area (Å²) in [6.07, 6.45) is 17.2. The molecule has 0 atom stereocenters. The number of hydrogen-bond donors (Lipinski definition) is 1. The second-order valence-corrected chi connectivity index (χ2v) is 7.76. The first-order chi connectivity index (χ1) is 13.7. The third kappa shape index (κ3) is 7.14. The fourth-order valence-electron chi connectivity index (χ4n) is 3.65. The normalized spacial score (nSPS) is 11.1. The summed E-state index contributed by atoms with van der Waals surface area (Å²) < 4.78 is 4.74. The van der Waals surface area contributed by atoms with Gasteiger partial charge in [0.2, 0.25) is 0 Å². The molecule has 0 bridgehead atoms. The molecule has 1 heterocycles. The lowest BCUT2D eigenvalue weighted by Crippen LogP contribution is -2.38. The van der Waals surface area contributed by atoms with Crippen LogP contribution in [0.2, 0.25) is 0 Å². The molecule has 0 saturated carbocycles. The fourth-order valence-corrected chi connectivity index (χ4v) is 3.65. The molecule has 1 aromatic carbocycles. The Kier molecular flexibility index (Phi) is 9.81. The predicted molar refractivity (Wildman–Crippen MR) is 114 cm³/mol. The van der Waals surface area contributed by atoms with Gasteiger partial charge in [0.05, 0.1) is 12.1 Å². The minimum atomic E-state index is -0.871. The van der Waals surface area contributed by atoms with E-state index in [1.165, 1.54) is 63.6 Å². The zero-order valence-corrected chi connectivity index (χ0v) is 17.7. The van der Waals surface area contributed by atoms with E-state index >= 15 is 0 Å². The van der Waals surface area contributed by atoms with Crippen molar-refractivity contribution >= 4 is 5.97 Å². The van der Waals surface area contributed by atoms with Gasteiger partial charge in [-0.2, -0.15) is 0 Å². The molecule has 0 radical (unpaired) electrons. The monoisotopic (exact) mass is 385 g/mol. The first kappa shape index (κ1) is 22.2. The molecule has 2 aromatic rings. The number of carbonyl (C=O) groups is 1. The fraction of sp³-hybridized carbons (Fsp3) is 0.583. The van der Waals surface area contributed by atoms with Crippen LogP contribution in [0.3, 0.4) is 0 Å². The summed E-state index contributed by atoms with van der Waals surface area (Å²) in [7, 11) is 0. The van der Waals surface area contributed by atoms with Gasteiger partial charge in [-0.05, 0) is 30.5 Å². The topological polar surface area (TPSA) is 46.1 Å². The van der Waals surface area contributed by atoms with Crippen LogP contribution in [0, 0.1) is 0 Å². The van der Waals surface area contributed by atoms with Crippen LogP contribution in [0.15, 0.2) is 36.7 Å². The average molecular weight is 386 g/mol. The number of nitrogens with zero attached hydrogens (tertiary/aromatic N) is 2. The van der Waals surface area contributed by atoms with E-state index in [4.69, 9.17) is 5.11 Å². The zero-order valence-electron chi connectivity index (χ0n) is 17.7. The van der Waals surface area contributed by atoms with Crippen LogP contribution in [0.4, 0.5) is 0 Å². The number of aromatic nitrogens is 2. The smallest absolute Gasteiger partial charge is 0.335 e. The van der Waals surface area contributed by atoms with E-state index in [9.17, 15) is 4.79 Å². The highest BCUT2D eigenvalue weighted by molar-refractivity contribution is 5.87. The number of benzene rings is 1. The van der Waals surface area contributed by atoms with Gasteiger partial charge in [-0.3, -0.25) is 0 Å². The number of rotatable bonds is 14. The molecule has 4 nitrogen and oxygen atoms in total. The van der Waals surface area contributed by atoms with Gasteiger partial charge in [-0.15, -0.1) is 0 Å². The van der Waals surface area contributed by atoms with Crippen LogP contribution in [0.5, 0.6) is 0 Å². The molecule has 0 aliphatic rings. The summed E-state index contributed by atoms with van der Waals surface area (Å²) in [5.74, 6) is 0.522. The lowest BCUT2D eigenvalue weighted by atomic mass is 10.1. The number of carboxylic acids is 1. The zero-order chi connectivity index (χ0) is 20.2. The second kappa shape index (κ2) is 12.4. The van der Waals surface area contributed by atoms with E-state index in [1.54, 1.807) is 12.1 Å². The molecule has 0 aliphatic heterocycles. The first-order valence-corrected chi connectivity index (χ1v) is 11.0. The molecule has 154 valence electrons. The molecule has 0 spiro atoms. The maximum absolute atomic E-state index is 11.0. The molecule has 0 amide bonds. The van der Waals surface area contributed by atoms with Gasteiger partial charge in [-0.1, -0.05) is 70.9 Å². The van der Waals surface area contributed by atoms with Crippen molar-refractivity contribution in [2.24, 2.45) is 0 Å². The van der Waals surface area contributed by atoms with Gasteiger partial charge >= 0.3 is 5.97 Å². The lowest BCUT2D eigenvalue weighted by molar-refractivity contribution is -0.695. The Balaban J connectivity index is 1.98. The third-order valence-corrected chi connectivity index (χ3v) is 5.40. The van der Waals surface area contributed by atoms with Gasteiger partial charge in [0, 0.05) is 6.42 Å². The summed E-state index contributed by atoms with van der Waals surface area (Å²) >= 11 is 0. The Morgan fingerprint density at radius 3 is 2.21 bits per heavy atom. The molecular weight excluding hydrogens is 348 g/mol. The van der Waals surface area contributed by atoms with Crippen LogP contribution in [-0.4, -0.2) is 15.6 Å². The Morgan fingerprint density at radius 1 is 0.929 bits per heavy atom. The highest BCUT2D eigenvalue weighted by atomic mass is 16.4. The standard InChI is InChI=1S/C24H36N2O2/c1-3-5-7-8-9-10-11-12-23-25(17-6-4-2)18-19-26(23)20-21-13-15-22(16-14-21)24(27)28/h13-16,18-19H,3-12,17,20H2,1-2H3/p+1. The average Bonchev–Trinajstić information content (AvgIpc) is 3.07. The van der Waals surface area contributed by atoms with Gasteiger partial charge < -0.3 is 5.11 Å². The van der Waals surface area contributed by atoms with Gasteiger partial charge in [0.25, 0.3) is 5.82 Å². The highest BCUT2D eigenvalue weighted by Crippen LogP contribution is 2.11. The van der Waals surface area contributed by atoms with Crippen molar-refractivity contribution in [3.8, 4) is 0 Å². The number of carboxylic acid groups (broad SMARTS) is 1. The van der Waals surface area contributed by atoms with Crippen LogP contribution in [0.1, 0.15) is 93.4 Å². The molecule has 0 saturated heterocycles. The first-order valence-electron chi connectivity index (χ1n) is 11.0. The van der Waals surface area contributed by atoms with Gasteiger partial charge in [0.15, 0.2) is 0 Å². The summed E-state index contributed by atoms with van der Waals surface area (Å²) in [4.78, 5) is 11.0. The van der Waals surface area contributed by atoms with E-state index in [2.05, 4.69) is 35.4 Å². The van der Waals surface area contributed by atoms with Crippen LogP contribution < -0.4 is 4.57 Å². The second-order valence-electron chi connectivity index (χ2n) is 7.76. The molecule has 0 unspecified atom stereocenters. The minimum absolute atomic E-state index is 0.345. The quantitative estimate of drug-likeness (QED) is 0.339. The number of unbranched alkanes of at least 4 members (excludes halogenated alkanes) is 7. The molecule has 0 aliphatic carbocycles. The number of imidazole rings is 1. The Morgan fingerprint density at radius 2 is 1.57 bits per heavy atom. The van der Waals surface area contributed by atoms with E-state index in [0.29, 0.717) is 5.56 Å². The lowest BCUT2D eigenvalue weighted by Gasteiger charge is -2.06. The summed E-state index contributed by atoms with van der Waals surface area (Å²) in [5, 5.41) is 9.08. The molecule has 2 rings (SSSR count). The van der Waals surface area contributed by atoms with Crippen molar-refractivity contribution in [1.82, 2.24) is 4.57 Å². The van der Waals surface area contributed by atoms with Crippen molar-refractivity contribution < 1.29 is 14.5 Å². The van der Waals surface area contributed by atoms with Crippen molar-refractivity contribution in [3.63, 3.8) is 0 Å². The molecule has 28 heavy (non-hydrogen) atoms. The predicted octanol–water partition coefficient (Wildman–Crippen LogP) is 5.62. The highest BCUT2D eigenvalue weighted by Gasteiger charge is 2.17. The van der Waals surface area contributed by atoms with Crippen LogP contribution in [-0.2, 0) is 19.5 Å². The number of aryl methyl sites for hydroxylation is 1. The Hall–Kier alpha value is -2.10. The summed E-state index contributed by atoms with van der Waals surface area (Å²) in [5.41, 5.74) is 1.49. The summed E-state index contributed by atoms with van der Waals surface area (Å²) in [6, 6.07) is 7.25. The van der Waals surface area contributed by atoms with Crippen LogP contribution in [0.25, 0.3) is 0 Å². The molecule has 1 aromatic heterocycles. The third-order valence-electron chi connectivity index (χ3n) is 5.40. The molecule has 1 N–H and O–H groups in total. The van der Waals surface area contributed by atoms with Crippen molar-refractivity contribution in [1.29, 1.82) is 0 Å². The van der Waals surface area contributed by atoms with Gasteiger partial charge in [-0.25, -0.2) is 13.9 Å². The Bertz CT molecular complexity index is 704. The van der Waals surface area contributed by atoms with E-state index in [-0.39, 0.29) is 0 Å². The minimum Gasteiger partial charge on any atom is -0.478 e. The number of hydrogen-bond acceptors (Lipinski definition) is 1. The van der Waals surface area contributed by atoms with Gasteiger partial charge in [0.1, 0.15) is 18.9 Å². The molecule has 0 fully saturated rings. The Labute approximate surface area is 170 Å². The van der Waals surface area contributed by atoms with E-state index < -0.39 is 5.97 Å². The van der Waals surface area contributed by atoms with E-state index in [0.717, 1.165) is 25.1 Å². The van der Waals surface area contributed by atoms with Crippen molar-refractivity contribution in [2.45, 2.75) is 91.1 Å². The molecular formula is C24H37N2O2+.